The van der Waals surface area contributed by atoms with E-state index in [1.807, 2.05) is 0 Å². The smallest absolute Gasteiger partial charge is 0.00201 e. The lowest BCUT2D eigenvalue weighted by atomic mass is 9.83. The van der Waals surface area contributed by atoms with Crippen molar-refractivity contribution in [2.75, 3.05) is 0 Å². The molecule has 25 aromatic carbocycles. The van der Waals surface area contributed by atoms with Crippen LogP contribution in [0.2, 0.25) is 0 Å². The van der Waals surface area contributed by atoms with E-state index in [1.165, 1.54) is 240 Å². The van der Waals surface area contributed by atoms with Crippen molar-refractivity contribution in [3.8, 4) is 89.0 Å². The first-order chi connectivity index (χ1) is 59.6. The third kappa shape index (κ3) is 11.8. The summed E-state index contributed by atoms with van der Waals surface area (Å²) in [6, 6.07) is 169. The first-order valence-electron chi connectivity index (χ1n) is 41.7. The summed E-state index contributed by atoms with van der Waals surface area (Å²) in [5, 5.41) is 36.1. The summed E-state index contributed by atoms with van der Waals surface area (Å²) in [5.41, 5.74) is 20.3. The van der Waals surface area contributed by atoms with Crippen LogP contribution in [0.3, 0.4) is 0 Å². The second-order valence-electron chi connectivity index (χ2n) is 31.9. The molecule has 0 amide bonds. The average molecular weight is 1520 g/mol. The minimum absolute atomic E-state index is 1.23. The highest BCUT2D eigenvalue weighted by Gasteiger charge is 2.24. The van der Waals surface area contributed by atoms with E-state index in [4.69, 9.17) is 0 Å². The highest BCUT2D eigenvalue weighted by molar-refractivity contribution is 6.31. The van der Waals surface area contributed by atoms with Gasteiger partial charge in [-0.3, -0.25) is 0 Å². The summed E-state index contributed by atoms with van der Waals surface area (Å²) in [6.07, 6.45) is 0. The van der Waals surface area contributed by atoms with Crippen molar-refractivity contribution in [1.82, 2.24) is 0 Å². The molecule has 0 saturated carbocycles. The molecule has 0 aliphatic rings. The van der Waals surface area contributed by atoms with Crippen LogP contribution in [0.5, 0.6) is 0 Å². The summed E-state index contributed by atoms with van der Waals surface area (Å²) < 4.78 is 0. The minimum atomic E-state index is 1.23. The van der Waals surface area contributed by atoms with Gasteiger partial charge in [0.15, 0.2) is 0 Å². The molecule has 556 valence electrons. The van der Waals surface area contributed by atoms with Crippen LogP contribution in [-0.2, 0) is 0 Å². The van der Waals surface area contributed by atoms with Crippen LogP contribution >= 0.6 is 0 Å². The molecule has 0 radical (unpaired) electrons. The molecule has 0 unspecified atom stereocenters. The Balaban J connectivity index is 0.000000106. The van der Waals surface area contributed by atoms with Crippen LogP contribution in [0.1, 0.15) is 0 Å². The third-order valence-electron chi connectivity index (χ3n) is 25.2. The lowest BCUT2D eigenvalue weighted by Gasteiger charge is -2.20. The largest absolute Gasteiger partial charge is 0.0622 e. The highest BCUT2D eigenvalue weighted by atomic mass is 14.3. The van der Waals surface area contributed by atoms with E-state index in [2.05, 4.69) is 461 Å². The molecule has 0 N–H and O–H groups in total. The number of hydrogen-bond donors (Lipinski definition) is 0. The monoisotopic (exact) mass is 1520 g/mol. The molecule has 0 nitrogen and oxygen atoms in total. The fraction of sp³-hybridized carbons (Fsp3) is 0. The lowest BCUT2D eigenvalue weighted by molar-refractivity contribution is 1.62. The molecule has 0 saturated heterocycles. The van der Waals surface area contributed by atoms with Crippen LogP contribution in [0, 0.1) is 0 Å². The zero-order valence-electron chi connectivity index (χ0n) is 65.9. The van der Waals surface area contributed by atoms with Crippen molar-refractivity contribution in [3.63, 3.8) is 0 Å². The van der Waals surface area contributed by atoms with Crippen LogP contribution in [0.4, 0.5) is 0 Å². The summed E-state index contributed by atoms with van der Waals surface area (Å²) in [4.78, 5) is 0. The fourth-order valence-electron chi connectivity index (χ4n) is 19.9. The van der Waals surface area contributed by atoms with Gasteiger partial charge < -0.3 is 0 Å². The van der Waals surface area contributed by atoms with Crippen molar-refractivity contribution in [1.29, 1.82) is 0 Å². The highest BCUT2D eigenvalue weighted by Crippen LogP contribution is 2.51. The number of rotatable bonds is 8. The van der Waals surface area contributed by atoms with E-state index >= 15 is 0 Å². The van der Waals surface area contributed by atoms with Gasteiger partial charge in [-0.15, -0.1) is 0 Å². The quantitative estimate of drug-likeness (QED) is 0.105. The van der Waals surface area contributed by atoms with Gasteiger partial charge in [0.2, 0.25) is 0 Å². The Hall–Kier alpha value is -15.6. The first-order valence-corrected chi connectivity index (χ1v) is 41.7. The fourth-order valence-corrected chi connectivity index (χ4v) is 19.9. The van der Waals surface area contributed by atoms with E-state index in [0.29, 0.717) is 0 Å². The van der Waals surface area contributed by atoms with Gasteiger partial charge in [-0.25, -0.2) is 0 Å². The molecular weight excluding hydrogens is 1440 g/mol. The molecular formula is C120H76. The van der Waals surface area contributed by atoms with Crippen LogP contribution < -0.4 is 0 Å². The van der Waals surface area contributed by atoms with Crippen LogP contribution in [-0.4, -0.2) is 0 Å². The molecule has 0 heteroatoms. The van der Waals surface area contributed by atoms with Gasteiger partial charge in [0.1, 0.15) is 0 Å². The molecule has 0 spiro atoms. The normalized spacial score (nSPS) is 11.7. The molecule has 120 heavy (non-hydrogen) atoms. The molecule has 0 heterocycles. The van der Waals surface area contributed by atoms with Crippen molar-refractivity contribution in [2.24, 2.45) is 0 Å². The Morgan fingerprint density at radius 2 is 0.383 bits per heavy atom. The number of fused-ring (bicyclic) bond motifs is 12. The predicted molar refractivity (Wildman–Crippen MR) is 519 cm³/mol. The zero-order valence-corrected chi connectivity index (χ0v) is 65.9. The standard InChI is InChI=1S/C44H28.C40H24.C36H24/c1-3-18-33-29(13-1)15-12-26-37(33)44-40-24-9-7-22-38(40)43(39-23-8-10-25-41(39)44)32-17-11-16-30(27-32)42-28-31-14-2-4-19-34(31)35-20-5-6-21-36(35)42;1-2-9-29-24-30(19-16-25(29)8-1)38-31-12-3-5-14-33(31)40(34-15-6-4-13-32(34)38)36-23-21-28-18-17-26-10-7-11-27-20-22-35(36)39(28)37(26)27;1-2-12-26(13-3-1)35-31-17-6-8-19-33(31)36(34-20-9-7-18-32(34)35)30-16-10-15-28(24-30)29-22-21-25-11-4-5-14-27(25)23-29/h1-28H;1-24H;1-24H. The van der Waals surface area contributed by atoms with E-state index in [-0.39, 0.29) is 0 Å². The third-order valence-corrected chi connectivity index (χ3v) is 25.2. The van der Waals surface area contributed by atoms with Crippen molar-refractivity contribution in [3.05, 3.63) is 461 Å². The van der Waals surface area contributed by atoms with Gasteiger partial charge in [-0.1, -0.05) is 431 Å². The molecule has 25 rings (SSSR count). The van der Waals surface area contributed by atoms with Gasteiger partial charge in [0, 0.05) is 0 Å². The Labute approximate surface area is 696 Å². The zero-order chi connectivity index (χ0) is 79.1. The predicted octanol–water partition coefficient (Wildman–Crippen LogP) is 34.0. The maximum Gasteiger partial charge on any atom is -0.00201 e. The van der Waals surface area contributed by atoms with Gasteiger partial charge in [0.05, 0.1) is 0 Å². The van der Waals surface area contributed by atoms with Crippen molar-refractivity contribution in [2.45, 2.75) is 0 Å². The van der Waals surface area contributed by atoms with E-state index < -0.39 is 0 Å². The molecule has 0 bridgehead atoms. The Morgan fingerprint density at radius 3 is 0.908 bits per heavy atom. The van der Waals surface area contributed by atoms with Crippen LogP contribution in [0.15, 0.2) is 461 Å². The molecule has 0 aromatic heterocycles. The van der Waals surface area contributed by atoms with Crippen molar-refractivity contribution < 1.29 is 0 Å². The Morgan fingerprint density at radius 1 is 0.0917 bits per heavy atom. The molecule has 25 aromatic rings. The second kappa shape index (κ2) is 29.3. The maximum atomic E-state index is 2.39. The molecule has 0 fully saturated rings. The first kappa shape index (κ1) is 69.9. The minimum Gasteiger partial charge on any atom is -0.0622 e. The second-order valence-corrected chi connectivity index (χ2v) is 31.9. The van der Waals surface area contributed by atoms with Gasteiger partial charge >= 0.3 is 0 Å². The van der Waals surface area contributed by atoms with Gasteiger partial charge in [-0.2, -0.15) is 0 Å². The molecule has 0 atom stereocenters. The topological polar surface area (TPSA) is 0 Å². The summed E-state index contributed by atoms with van der Waals surface area (Å²) in [5.74, 6) is 0. The summed E-state index contributed by atoms with van der Waals surface area (Å²) >= 11 is 0. The number of benzene rings is 25. The maximum absolute atomic E-state index is 2.39. The summed E-state index contributed by atoms with van der Waals surface area (Å²) in [6.45, 7) is 0. The van der Waals surface area contributed by atoms with E-state index in [0.717, 1.165) is 0 Å². The lowest BCUT2D eigenvalue weighted by Crippen LogP contribution is -1.92. The Bertz CT molecular complexity index is 8220. The molecule has 0 aliphatic heterocycles. The van der Waals surface area contributed by atoms with E-state index in [9.17, 15) is 0 Å². The Kier molecular flexibility index (Phi) is 17.1. The number of hydrogen-bond acceptors (Lipinski definition) is 0. The molecule has 0 aliphatic carbocycles. The average Bonchev–Trinajstić information content (AvgIpc) is 0.732. The van der Waals surface area contributed by atoms with Gasteiger partial charge in [0.25, 0.3) is 0 Å². The van der Waals surface area contributed by atoms with Crippen molar-refractivity contribution >= 4 is 151 Å². The van der Waals surface area contributed by atoms with E-state index in [1.54, 1.807) is 0 Å². The SMILES string of the molecule is c1cc(-c2c3ccccc3c(-c3cccc4ccccc34)c3ccccc23)cc(-c2cc3ccccc3c3ccccc23)c1.c1ccc(-c2c3ccccc3c(-c3cccc(-c4ccc5ccccc5c4)c3)c3ccccc23)cc1.c1ccc2cc(-c3c4ccccc4c(-c4ccc5ccc6cccc7ccc4c5c67)c4ccccc34)ccc2c1. The van der Waals surface area contributed by atoms with Crippen LogP contribution in [0.25, 0.3) is 240 Å². The summed E-state index contributed by atoms with van der Waals surface area (Å²) in [7, 11) is 0. The van der Waals surface area contributed by atoms with Gasteiger partial charge in [-0.05, 0) is 270 Å².